The molecular weight excluding hydrogens is 258 g/mol. The van der Waals surface area contributed by atoms with Crippen LogP contribution < -0.4 is 11.1 Å². The Balaban J connectivity index is 2.00. The quantitative estimate of drug-likeness (QED) is 0.855. The van der Waals surface area contributed by atoms with Gasteiger partial charge in [0.15, 0.2) is 15.7 Å². The maximum absolute atomic E-state index is 11.5. The van der Waals surface area contributed by atoms with Crippen molar-refractivity contribution in [3.05, 3.63) is 0 Å². The van der Waals surface area contributed by atoms with Crippen LogP contribution in [0.1, 0.15) is 25.7 Å². The number of rotatable bonds is 5. The lowest BCUT2D eigenvalue weighted by atomic mass is 9.83. The van der Waals surface area contributed by atoms with Gasteiger partial charge in [-0.25, -0.2) is 8.42 Å². The highest BCUT2D eigenvalue weighted by molar-refractivity contribution is 7.91. The van der Waals surface area contributed by atoms with Crippen LogP contribution in [0.25, 0.3) is 0 Å². The van der Waals surface area contributed by atoms with Gasteiger partial charge in [0, 0.05) is 12.8 Å². The molecule has 0 aliphatic heterocycles. The Labute approximate surface area is 105 Å². The minimum absolute atomic E-state index is 0.101. The van der Waals surface area contributed by atoms with E-state index in [1.165, 1.54) is 19.3 Å². The number of nitrogens with one attached hydrogen (secondary N) is 1. The number of nitrogen functional groups attached to an aromatic ring is 1. The molecule has 5 nitrogen and oxygen atoms in total. The zero-order valence-electron chi connectivity index (χ0n) is 9.77. The minimum atomic E-state index is -3.30. The van der Waals surface area contributed by atoms with E-state index < -0.39 is 9.84 Å². The van der Waals surface area contributed by atoms with Gasteiger partial charge in [-0.05, 0) is 23.9 Å². The molecule has 1 fully saturated rings. The number of nitrogens with zero attached hydrogens (tertiary/aromatic N) is 1. The maximum atomic E-state index is 11.5. The van der Waals surface area contributed by atoms with Gasteiger partial charge in [-0.2, -0.15) is 4.37 Å². The zero-order chi connectivity index (χ0) is 12.5. The van der Waals surface area contributed by atoms with Gasteiger partial charge >= 0.3 is 0 Å². The molecule has 0 atom stereocenters. The standard InChI is InChI=1S/C10H17N3O2S2/c1-17(14,15)8-9(11)13-16-10(8)12-6-5-7-3-2-4-7/h7,12H,2-6H2,1H3,(H2,11,13). The Morgan fingerprint density at radius 3 is 2.76 bits per heavy atom. The number of anilines is 2. The van der Waals surface area contributed by atoms with Gasteiger partial charge < -0.3 is 11.1 Å². The molecular formula is C10H17N3O2S2. The van der Waals surface area contributed by atoms with Crippen molar-refractivity contribution in [3.63, 3.8) is 0 Å². The summed E-state index contributed by atoms with van der Waals surface area (Å²) in [6.07, 6.45) is 6.16. The fourth-order valence-electron chi connectivity index (χ4n) is 1.94. The third-order valence-corrected chi connectivity index (χ3v) is 5.21. The van der Waals surface area contributed by atoms with Gasteiger partial charge in [0.25, 0.3) is 0 Å². The van der Waals surface area contributed by atoms with E-state index >= 15 is 0 Å². The van der Waals surface area contributed by atoms with Gasteiger partial charge in [0.1, 0.15) is 9.90 Å². The van der Waals surface area contributed by atoms with Crippen molar-refractivity contribution < 1.29 is 8.42 Å². The third-order valence-electron chi connectivity index (χ3n) is 3.11. The highest BCUT2D eigenvalue weighted by atomic mass is 32.2. The van der Waals surface area contributed by atoms with E-state index in [4.69, 9.17) is 5.73 Å². The summed E-state index contributed by atoms with van der Waals surface area (Å²) in [5, 5.41) is 3.71. The van der Waals surface area contributed by atoms with Gasteiger partial charge in [-0.15, -0.1) is 0 Å². The summed E-state index contributed by atoms with van der Waals surface area (Å²) in [6, 6.07) is 0. The predicted octanol–water partition coefficient (Wildman–Crippen LogP) is 1.73. The van der Waals surface area contributed by atoms with Crippen LogP contribution in [0, 0.1) is 5.92 Å². The van der Waals surface area contributed by atoms with Crippen LogP contribution in [0.4, 0.5) is 10.8 Å². The lowest BCUT2D eigenvalue weighted by Crippen LogP contribution is -2.16. The summed E-state index contributed by atoms with van der Waals surface area (Å²) in [6.45, 7) is 0.787. The minimum Gasteiger partial charge on any atom is -0.382 e. The normalized spacial score (nSPS) is 16.8. The topological polar surface area (TPSA) is 85.1 Å². The second-order valence-corrected chi connectivity index (χ2v) is 7.24. The van der Waals surface area contributed by atoms with Crippen LogP contribution in [0.2, 0.25) is 0 Å². The molecule has 0 unspecified atom stereocenters. The first-order chi connectivity index (χ1) is 7.98. The summed E-state index contributed by atoms with van der Waals surface area (Å²) < 4.78 is 27.0. The molecule has 0 aromatic carbocycles. The number of hydrogen-bond donors (Lipinski definition) is 2. The molecule has 1 heterocycles. The molecule has 1 aromatic rings. The van der Waals surface area contributed by atoms with Crippen LogP contribution in [-0.2, 0) is 9.84 Å². The van der Waals surface area contributed by atoms with E-state index in [0.29, 0.717) is 5.00 Å². The average Bonchev–Trinajstić information content (AvgIpc) is 2.50. The SMILES string of the molecule is CS(=O)(=O)c1c(N)nsc1NCCC1CCC1. The summed E-state index contributed by atoms with van der Waals surface area (Å²) >= 11 is 1.12. The van der Waals surface area contributed by atoms with E-state index in [1.54, 1.807) is 0 Å². The predicted molar refractivity (Wildman–Crippen MR) is 70.1 cm³/mol. The molecule has 2 rings (SSSR count). The second kappa shape index (κ2) is 4.81. The van der Waals surface area contributed by atoms with E-state index in [0.717, 1.165) is 36.7 Å². The Morgan fingerprint density at radius 2 is 2.24 bits per heavy atom. The zero-order valence-corrected chi connectivity index (χ0v) is 11.4. The number of nitrogens with two attached hydrogens (primary N) is 1. The lowest BCUT2D eigenvalue weighted by Gasteiger charge is -2.25. The Hall–Kier alpha value is -0.820. The molecule has 0 radical (unpaired) electrons. The van der Waals surface area contributed by atoms with Crippen molar-refractivity contribution in [1.29, 1.82) is 0 Å². The molecule has 1 aromatic heterocycles. The van der Waals surface area contributed by atoms with Gasteiger partial charge in [-0.1, -0.05) is 19.3 Å². The molecule has 7 heteroatoms. The smallest absolute Gasteiger partial charge is 0.182 e. The number of hydrogen-bond acceptors (Lipinski definition) is 6. The summed E-state index contributed by atoms with van der Waals surface area (Å²) in [5.41, 5.74) is 5.58. The number of sulfone groups is 1. The third kappa shape index (κ3) is 2.90. The van der Waals surface area contributed by atoms with Gasteiger partial charge in [0.05, 0.1) is 0 Å². The van der Waals surface area contributed by atoms with Crippen LogP contribution in [0.15, 0.2) is 4.90 Å². The largest absolute Gasteiger partial charge is 0.382 e. The molecule has 1 aliphatic rings. The van der Waals surface area contributed by atoms with Gasteiger partial charge in [-0.3, -0.25) is 0 Å². The van der Waals surface area contributed by atoms with Crippen molar-refractivity contribution in [2.45, 2.75) is 30.6 Å². The molecule has 0 amide bonds. The molecule has 17 heavy (non-hydrogen) atoms. The van der Waals surface area contributed by atoms with Crippen LogP contribution in [0.5, 0.6) is 0 Å². The lowest BCUT2D eigenvalue weighted by molar-refractivity contribution is 0.303. The van der Waals surface area contributed by atoms with Crippen molar-refractivity contribution in [2.24, 2.45) is 5.92 Å². The van der Waals surface area contributed by atoms with E-state index in [9.17, 15) is 8.42 Å². The Bertz CT molecular complexity index is 492. The first-order valence-corrected chi connectivity index (χ1v) is 8.34. The van der Waals surface area contributed by atoms with Crippen LogP contribution >= 0.6 is 11.5 Å². The van der Waals surface area contributed by atoms with Crippen LogP contribution in [-0.4, -0.2) is 25.6 Å². The molecule has 0 bridgehead atoms. The summed E-state index contributed by atoms with van der Waals surface area (Å²) in [7, 11) is -3.30. The van der Waals surface area contributed by atoms with E-state index in [1.807, 2.05) is 0 Å². The first kappa shape index (κ1) is 12.6. The van der Waals surface area contributed by atoms with Crippen molar-refractivity contribution in [1.82, 2.24) is 4.37 Å². The fourth-order valence-corrected chi connectivity index (χ4v) is 4.03. The van der Waals surface area contributed by atoms with Crippen LogP contribution in [0.3, 0.4) is 0 Å². The molecule has 96 valence electrons. The summed E-state index contributed by atoms with van der Waals surface area (Å²) in [5.74, 6) is 0.901. The number of aromatic nitrogens is 1. The Kier molecular flexibility index (Phi) is 3.58. The Morgan fingerprint density at radius 1 is 1.53 bits per heavy atom. The van der Waals surface area contributed by atoms with E-state index in [2.05, 4.69) is 9.69 Å². The second-order valence-electron chi connectivity index (χ2n) is 4.51. The van der Waals surface area contributed by atoms with Gasteiger partial charge in [0.2, 0.25) is 0 Å². The fraction of sp³-hybridized carbons (Fsp3) is 0.700. The molecule has 0 saturated heterocycles. The highest BCUT2D eigenvalue weighted by Crippen LogP contribution is 2.33. The van der Waals surface area contributed by atoms with Crippen molar-refractivity contribution in [3.8, 4) is 0 Å². The first-order valence-electron chi connectivity index (χ1n) is 5.67. The maximum Gasteiger partial charge on any atom is 0.182 e. The molecule has 1 saturated carbocycles. The molecule has 0 spiro atoms. The van der Waals surface area contributed by atoms with Crippen molar-refractivity contribution in [2.75, 3.05) is 23.9 Å². The monoisotopic (exact) mass is 275 g/mol. The highest BCUT2D eigenvalue weighted by Gasteiger charge is 2.22. The summed E-state index contributed by atoms with van der Waals surface area (Å²) in [4.78, 5) is 0.149. The average molecular weight is 275 g/mol. The molecule has 3 N–H and O–H groups in total. The van der Waals surface area contributed by atoms with E-state index in [-0.39, 0.29) is 10.7 Å². The molecule has 1 aliphatic carbocycles. The van der Waals surface area contributed by atoms with Crippen molar-refractivity contribution >= 4 is 32.2 Å².